The van der Waals surface area contributed by atoms with E-state index in [-0.39, 0.29) is 17.4 Å². The third-order valence-corrected chi connectivity index (χ3v) is 11.1. The maximum absolute atomic E-state index is 12.8. The molecular weight excluding hydrogens is 450 g/mol. The molecule has 5 fully saturated rings. The molecule has 4 bridgehead atoms. The molecule has 0 amide bonds. The predicted octanol–water partition coefficient (Wildman–Crippen LogP) is 3.16. The number of hydrogen-bond acceptors (Lipinski definition) is 7. The maximum atomic E-state index is 12.8. The Labute approximate surface area is 201 Å². The van der Waals surface area contributed by atoms with Crippen LogP contribution < -0.4 is 4.74 Å². The summed E-state index contributed by atoms with van der Waals surface area (Å²) in [5.74, 6) is 2.45. The van der Waals surface area contributed by atoms with Gasteiger partial charge in [-0.25, -0.2) is 13.4 Å². The zero-order valence-electron chi connectivity index (χ0n) is 19.9. The van der Waals surface area contributed by atoms with Crippen molar-refractivity contribution in [1.29, 1.82) is 10.5 Å². The Balaban J connectivity index is 1.39. The van der Waals surface area contributed by atoms with Crippen LogP contribution in [0, 0.1) is 51.9 Å². The van der Waals surface area contributed by atoms with Crippen LogP contribution in [-0.4, -0.2) is 54.3 Å². The molecule has 1 aliphatic heterocycles. The summed E-state index contributed by atoms with van der Waals surface area (Å²) in [6, 6.07) is 5.66. The van der Waals surface area contributed by atoms with Gasteiger partial charge in [0.05, 0.1) is 16.9 Å². The summed E-state index contributed by atoms with van der Waals surface area (Å²) in [4.78, 5) is 10.8. The van der Waals surface area contributed by atoms with Crippen molar-refractivity contribution in [1.82, 2.24) is 9.88 Å². The largest absolute Gasteiger partial charge is 0.477 e. The predicted molar refractivity (Wildman–Crippen MR) is 126 cm³/mol. The highest BCUT2D eigenvalue weighted by Gasteiger charge is 2.62. The standard InChI is InChI=1S/C25H31N5O3S/c1-24(2)20(14-33-21-5-4-16(11-26)12-28-21)13-30(23(24)29-15-27)22-18-6-17-7-19(22)10-25(8-17,9-18)34(3,31)32/h4-5,12,17-20,22H,6-10,13-14H2,1-3H3/b29-23+. The second-order valence-corrected chi connectivity index (χ2v) is 13.7. The molecule has 9 heteroatoms. The van der Waals surface area contributed by atoms with Crippen LogP contribution in [0.1, 0.15) is 51.5 Å². The summed E-state index contributed by atoms with van der Waals surface area (Å²) in [6.45, 7) is 5.36. The minimum Gasteiger partial charge on any atom is -0.477 e. The lowest BCUT2D eigenvalue weighted by molar-refractivity contribution is -0.0332. The van der Waals surface area contributed by atoms with Gasteiger partial charge in [0.15, 0.2) is 9.84 Å². The zero-order valence-corrected chi connectivity index (χ0v) is 20.8. The summed E-state index contributed by atoms with van der Waals surface area (Å²) < 4.78 is 31.0. The average Bonchev–Trinajstić information content (AvgIpc) is 3.01. The number of aliphatic imine (C=N–C) groups is 1. The first-order chi connectivity index (χ1) is 16.1. The van der Waals surface area contributed by atoms with E-state index in [9.17, 15) is 13.7 Å². The first-order valence-corrected chi connectivity index (χ1v) is 13.9. The van der Waals surface area contributed by atoms with Crippen molar-refractivity contribution in [3.63, 3.8) is 0 Å². The number of sulfone groups is 1. The van der Waals surface area contributed by atoms with Gasteiger partial charge < -0.3 is 9.64 Å². The quantitative estimate of drug-likeness (QED) is 0.593. The summed E-state index contributed by atoms with van der Waals surface area (Å²) in [5, 5.41) is 18.5. The third kappa shape index (κ3) is 3.56. The maximum Gasteiger partial charge on any atom is 0.213 e. The van der Waals surface area contributed by atoms with E-state index in [1.54, 1.807) is 12.1 Å². The molecule has 0 N–H and O–H groups in total. The lowest BCUT2D eigenvalue weighted by Gasteiger charge is -2.61. The molecule has 3 atom stereocenters. The Morgan fingerprint density at radius 1 is 1.21 bits per heavy atom. The van der Waals surface area contributed by atoms with E-state index in [4.69, 9.17) is 10.00 Å². The molecule has 1 aromatic rings. The van der Waals surface area contributed by atoms with Crippen molar-refractivity contribution >= 4 is 15.7 Å². The van der Waals surface area contributed by atoms with Crippen LogP contribution >= 0.6 is 0 Å². The molecule has 180 valence electrons. The van der Waals surface area contributed by atoms with Crippen LogP contribution in [-0.2, 0) is 9.84 Å². The fourth-order valence-corrected chi connectivity index (χ4v) is 9.06. The smallest absolute Gasteiger partial charge is 0.213 e. The van der Waals surface area contributed by atoms with Crippen LogP contribution in [0.25, 0.3) is 0 Å². The highest BCUT2D eigenvalue weighted by atomic mass is 32.2. The third-order valence-electron chi connectivity index (χ3n) is 9.05. The molecule has 0 spiro atoms. The number of aromatic nitrogens is 1. The molecule has 2 heterocycles. The van der Waals surface area contributed by atoms with Gasteiger partial charge in [0.2, 0.25) is 12.1 Å². The second-order valence-electron chi connectivity index (χ2n) is 11.3. The topological polar surface area (TPSA) is 119 Å². The molecule has 34 heavy (non-hydrogen) atoms. The van der Waals surface area contributed by atoms with E-state index >= 15 is 0 Å². The molecule has 1 saturated heterocycles. The fraction of sp³-hybridized carbons (Fsp3) is 0.680. The Kier molecular flexibility index (Phi) is 5.40. The van der Waals surface area contributed by atoms with E-state index in [2.05, 4.69) is 34.8 Å². The number of nitrogens with zero attached hydrogens (tertiary/aromatic N) is 5. The summed E-state index contributed by atoms with van der Waals surface area (Å²) in [6.07, 6.45) is 9.31. The molecule has 1 aromatic heterocycles. The van der Waals surface area contributed by atoms with Crippen molar-refractivity contribution < 1.29 is 13.2 Å². The summed E-state index contributed by atoms with van der Waals surface area (Å²) in [7, 11) is -3.12. The van der Waals surface area contributed by atoms with Crippen molar-refractivity contribution in [3.8, 4) is 18.1 Å². The number of ether oxygens (including phenoxy) is 1. The van der Waals surface area contributed by atoms with Crippen LogP contribution in [0.5, 0.6) is 5.88 Å². The van der Waals surface area contributed by atoms with Crippen LogP contribution in [0.2, 0.25) is 0 Å². The van der Waals surface area contributed by atoms with Crippen LogP contribution in [0.4, 0.5) is 0 Å². The van der Waals surface area contributed by atoms with Gasteiger partial charge >= 0.3 is 0 Å². The molecular formula is C25H31N5O3S. The van der Waals surface area contributed by atoms with E-state index < -0.39 is 14.6 Å². The van der Waals surface area contributed by atoms with Gasteiger partial charge in [-0.3, -0.25) is 0 Å². The highest BCUT2D eigenvalue weighted by molar-refractivity contribution is 7.92. The zero-order chi connectivity index (χ0) is 24.3. The minimum atomic E-state index is -3.12. The average molecular weight is 482 g/mol. The minimum absolute atomic E-state index is 0.0955. The number of amidine groups is 1. The van der Waals surface area contributed by atoms with Crippen LogP contribution in [0.15, 0.2) is 23.3 Å². The summed E-state index contributed by atoms with van der Waals surface area (Å²) in [5.41, 5.74) is 0.114. The molecule has 0 radical (unpaired) electrons. The van der Waals surface area contributed by atoms with Crippen molar-refractivity contribution in [2.24, 2.45) is 34.1 Å². The van der Waals surface area contributed by atoms with E-state index in [1.807, 2.05) is 6.19 Å². The molecule has 8 nitrogen and oxygen atoms in total. The number of hydrogen-bond donors (Lipinski definition) is 0. The number of likely N-dealkylation sites (tertiary alicyclic amines) is 1. The van der Waals surface area contributed by atoms with Crippen LogP contribution in [0.3, 0.4) is 0 Å². The summed E-state index contributed by atoms with van der Waals surface area (Å²) >= 11 is 0. The number of nitriles is 2. The first kappa shape index (κ1) is 23.1. The molecule has 3 unspecified atom stereocenters. The Morgan fingerprint density at radius 3 is 2.47 bits per heavy atom. The van der Waals surface area contributed by atoms with Gasteiger partial charge in [0.1, 0.15) is 11.9 Å². The normalized spacial score (nSPS) is 36.9. The van der Waals surface area contributed by atoms with Crippen molar-refractivity contribution in [2.45, 2.75) is 56.7 Å². The molecule has 4 saturated carbocycles. The van der Waals surface area contributed by atoms with Gasteiger partial charge in [0, 0.05) is 42.4 Å². The van der Waals surface area contributed by atoms with Gasteiger partial charge in [-0.15, -0.1) is 0 Å². The van der Waals surface area contributed by atoms with Gasteiger partial charge in [-0.2, -0.15) is 15.5 Å². The molecule has 4 aliphatic carbocycles. The van der Waals surface area contributed by atoms with E-state index in [0.29, 0.717) is 35.8 Å². The van der Waals surface area contributed by atoms with E-state index in [0.717, 1.165) is 44.5 Å². The van der Waals surface area contributed by atoms with Crippen molar-refractivity contribution in [2.75, 3.05) is 19.4 Å². The van der Waals surface area contributed by atoms with Crippen molar-refractivity contribution in [3.05, 3.63) is 23.9 Å². The Hall–Kier alpha value is -2.65. The molecule has 5 aliphatic rings. The number of pyridine rings is 1. The Morgan fingerprint density at radius 2 is 1.91 bits per heavy atom. The number of rotatable bonds is 5. The second kappa shape index (κ2) is 7.95. The molecule has 0 aromatic carbocycles. The van der Waals surface area contributed by atoms with Gasteiger partial charge in [0.25, 0.3) is 0 Å². The van der Waals surface area contributed by atoms with E-state index in [1.165, 1.54) is 12.5 Å². The SMILES string of the molecule is CC1(C)/C(=N\C#N)N(C2C3CC4CC2CC(S(C)(=O)=O)(C4)C3)CC1COc1ccc(C#N)cn1. The first-order valence-electron chi connectivity index (χ1n) is 12.0. The highest BCUT2D eigenvalue weighted by Crippen LogP contribution is 2.60. The monoisotopic (exact) mass is 481 g/mol. The lowest BCUT2D eigenvalue weighted by Crippen LogP contribution is -2.64. The van der Waals surface area contributed by atoms with Gasteiger partial charge in [-0.1, -0.05) is 13.8 Å². The van der Waals surface area contributed by atoms with Gasteiger partial charge in [-0.05, 0) is 55.9 Å². The lowest BCUT2D eigenvalue weighted by atomic mass is 9.53. The Bertz CT molecular complexity index is 1180. The fourth-order valence-electron chi connectivity index (χ4n) is 7.49. The molecule has 6 rings (SSSR count).